The Balaban J connectivity index is 2.44. The quantitative estimate of drug-likeness (QED) is 0.751. The summed E-state index contributed by atoms with van der Waals surface area (Å²) in [5.41, 5.74) is -0.0939. The number of rotatable bonds is 7. The summed E-state index contributed by atoms with van der Waals surface area (Å²) < 4.78 is 0. The molecule has 0 radical (unpaired) electrons. The minimum atomic E-state index is -0.0939. The van der Waals surface area contributed by atoms with E-state index >= 15 is 0 Å². The lowest BCUT2D eigenvalue weighted by Crippen LogP contribution is -2.53. The molecular formula is C16H33N3O. The first-order chi connectivity index (χ1) is 9.41. The van der Waals surface area contributed by atoms with Crippen molar-refractivity contribution in [1.82, 2.24) is 15.5 Å². The Morgan fingerprint density at radius 3 is 2.55 bits per heavy atom. The van der Waals surface area contributed by atoms with E-state index in [-0.39, 0.29) is 11.4 Å². The van der Waals surface area contributed by atoms with Crippen LogP contribution in [0.15, 0.2) is 0 Å². The Morgan fingerprint density at radius 1 is 1.30 bits per heavy atom. The van der Waals surface area contributed by atoms with E-state index in [1.54, 1.807) is 0 Å². The van der Waals surface area contributed by atoms with E-state index in [0.29, 0.717) is 18.5 Å². The van der Waals surface area contributed by atoms with E-state index in [9.17, 15) is 4.79 Å². The number of nitrogens with zero attached hydrogens (tertiary/aromatic N) is 1. The van der Waals surface area contributed by atoms with Crippen LogP contribution in [0.2, 0.25) is 0 Å². The molecule has 0 bridgehead atoms. The molecule has 2 atom stereocenters. The molecule has 4 heteroatoms. The molecule has 20 heavy (non-hydrogen) atoms. The minimum Gasteiger partial charge on any atom is -0.350 e. The smallest absolute Gasteiger partial charge is 0.234 e. The van der Waals surface area contributed by atoms with Crippen molar-refractivity contribution >= 4 is 5.91 Å². The van der Waals surface area contributed by atoms with Crippen molar-refractivity contribution in [2.75, 3.05) is 26.2 Å². The summed E-state index contributed by atoms with van der Waals surface area (Å²) >= 11 is 0. The van der Waals surface area contributed by atoms with Crippen molar-refractivity contribution in [3.05, 3.63) is 0 Å². The highest BCUT2D eigenvalue weighted by molar-refractivity contribution is 5.78. The SMILES string of the molecule is CCNC1CCN(CC(=O)NC(C)(C)CC)CC1CC. The highest BCUT2D eigenvalue weighted by Gasteiger charge is 2.29. The van der Waals surface area contributed by atoms with Gasteiger partial charge in [0.2, 0.25) is 5.91 Å². The largest absolute Gasteiger partial charge is 0.350 e. The van der Waals surface area contributed by atoms with Crippen molar-refractivity contribution in [3.63, 3.8) is 0 Å². The average molecular weight is 283 g/mol. The highest BCUT2D eigenvalue weighted by atomic mass is 16.2. The molecule has 118 valence electrons. The van der Waals surface area contributed by atoms with Gasteiger partial charge in [-0.1, -0.05) is 27.2 Å². The molecule has 0 aromatic carbocycles. The van der Waals surface area contributed by atoms with E-state index < -0.39 is 0 Å². The van der Waals surface area contributed by atoms with Gasteiger partial charge in [0.15, 0.2) is 0 Å². The zero-order valence-electron chi connectivity index (χ0n) is 14.0. The summed E-state index contributed by atoms with van der Waals surface area (Å²) in [6.45, 7) is 14.3. The zero-order valence-corrected chi connectivity index (χ0v) is 14.0. The van der Waals surface area contributed by atoms with Gasteiger partial charge in [0.1, 0.15) is 0 Å². The molecule has 0 aliphatic carbocycles. The molecule has 2 unspecified atom stereocenters. The fourth-order valence-corrected chi connectivity index (χ4v) is 2.90. The lowest BCUT2D eigenvalue weighted by molar-refractivity contribution is -0.124. The van der Waals surface area contributed by atoms with Crippen molar-refractivity contribution in [2.24, 2.45) is 5.92 Å². The van der Waals surface area contributed by atoms with Gasteiger partial charge in [0, 0.05) is 24.7 Å². The summed E-state index contributed by atoms with van der Waals surface area (Å²) in [5, 5.41) is 6.71. The molecule has 0 aromatic rings. The predicted octanol–water partition coefficient (Wildman–Crippen LogP) is 2.00. The summed E-state index contributed by atoms with van der Waals surface area (Å²) in [7, 11) is 0. The van der Waals surface area contributed by atoms with Gasteiger partial charge in [-0.25, -0.2) is 0 Å². The molecule has 0 saturated carbocycles. The van der Waals surface area contributed by atoms with Crippen LogP contribution in [0.4, 0.5) is 0 Å². The van der Waals surface area contributed by atoms with Gasteiger partial charge in [-0.05, 0) is 39.2 Å². The topological polar surface area (TPSA) is 44.4 Å². The van der Waals surface area contributed by atoms with Crippen LogP contribution in [0.3, 0.4) is 0 Å². The number of nitrogens with one attached hydrogen (secondary N) is 2. The molecule has 1 fully saturated rings. The second kappa shape index (κ2) is 7.99. The number of piperidine rings is 1. The monoisotopic (exact) mass is 283 g/mol. The first-order valence-corrected chi connectivity index (χ1v) is 8.18. The van der Waals surface area contributed by atoms with Crippen molar-refractivity contribution in [3.8, 4) is 0 Å². The fourth-order valence-electron chi connectivity index (χ4n) is 2.90. The number of hydrogen-bond donors (Lipinski definition) is 2. The van der Waals surface area contributed by atoms with Gasteiger partial charge in [0.25, 0.3) is 0 Å². The van der Waals surface area contributed by atoms with E-state index in [1.807, 2.05) is 0 Å². The Hall–Kier alpha value is -0.610. The molecule has 4 nitrogen and oxygen atoms in total. The Kier molecular flexibility index (Phi) is 6.96. The van der Waals surface area contributed by atoms with Crippen molar-refractivity contribution in [2.45, 2.75) is 65.5 Å². The lowest BCUT2D eigenvalue weighted by atomic mass is 9.90. The summed E-state index contributed by atoms with van der Waals surface area (Å²) in [4.78, 5) is 14.4. The third kappa shape index (κ3) is 5.41. The third-order valence-electron chi connectivity index (χ3n) is 4.54. The van der Waals surface area contributed by atoms with E-state index in [2.05, 4.69) is 50.2 Å². The standard InChI is InChI=1S/C16H33N3O/c1-6-13-11-19(10-9-14(13)17-8-3)12-15(20)18-16(4,5)7-2/h13-14,17H,6-12H2,1-5H3,(H,18,20). The van der Waals surface area contributed by atoms with Gasteiger partial charge in [0.05, 0.1) is 6.54 Å². The molecule has 0 spiro atoms. The van der Waals surface area contributed by atoms with Crippen LogP contribution in [-0.2, 0) is 4.79 Å². The van der Waals surface area contributed by atoms with Crippen LogP contribution < -0.4 is 10.6 Å². The van der Waals surface area contributed by atoms with Crippen LogP contribution in [0.5, 0.6) is 0 Å². The van der Waals surface area contributed by atoms with E-state index in [0.717, 1.165) is 32.5 Å². The number of likely N-dealkylation sites (tertiary alicyclic amines) is 1. The predicted molar refractivity (Wildman–Crippen MR) is 84.8 cm³/mol. The van der Waals surface area contributed by atoms with Gasteiger partial charge in [-0.15, -0.1) is 0 Å². The zero-order chi connectivity index (χ0) is 15.2. The Morgan fingerprint density at radius 2 is 2.00 bits per heavy atom. The molecule has 1 amide bonds. The second-order valence-electron chi connectivity index (χ2n) is 6.64. The summed E-state index contributed by atoms with van der Waals surface area (Å²) in [5.74, 6) is 0.823. The van der Waals surface area contributed by atoms with Crippen molar-refractivity contribution < 1.29 is 4.79 Å². The summed E-state index contributed by atoms with van der Waals surface area (Å²) in [6, 6.07) is 0.622. The normalized spacial score (nSPS) is 24.6. The number of carbonyl (C=O) groups is 1. The van der Waals surface area contributed by atoms with Gasteiger partial charge in [-0.2, -0.15) is 0 Å². The first kappa shape index (κ1) is 17.4. The highest BCUT2D eigenvalue weighted by Crippen LogP contribution is 2.20. The molecule has 2 N–H and O–H groups in total. The maximum Gasteiger partial charge on any atom is 0.234 e. The van der Waals surface area contributed by atoms with Crippen molar-refractivity contribution in [1.29, 1.82) is 0 Å². The van der Waals surface area contributed by atoms with Crippen LogP contribution in [0.1, 0.15) is 53.9 Å². The molecule has 1 saturated heterocycles. The Bertz CT molecular complexity index is 304. The molecule has 1 heterocycles. The molecule has 1 aliphatic rings. The van der Waals surface area contributed by atoms with E-state index in [1.165, 1.54) is 6.42 Å². The minimum absolute atomic E-state index is 0.0939. The van der Waals surface area contributed by atoms with E-state index in [4.69, 9.17) is 0 Å². The van der Waals surface area contributed by atoms with Crippen LogP contribution in [-0.4, -0.2) is 48.6 Å². The lowest BCUT2D eigenvalue weighted by Gasteiger charge is -2.38. The van der Waals surface area contributed by atoms with Crippen LogP contribution >= 0.6 is 0 Å². The molecule has 1 rings (SSSR count). The average Bonchev–Trinajstić information content (AvgIpc) is 2.40. The second-order valence-corrected chi connectivity index (χ2v) is 6.64. The molecule has 0 aromatic heterocycles. The third-order valence-corrected chi connectivity index (χ3v) is 4.54. The van der Waals surface area contributed by atoms with Crippen LogP contribution in [0.25, 0.3) is 0 Å². The summed E-state index contributed by atoms with van der Waals surface area (Å²) in [6.07, 6.45) is 3.28. The van der Waals surface area contributed by atoms with Gasteiger partial charge >= 0.3 is 0 Å². The number of amides is 1. The molecular weight excluding hydrogens is 250 g/mol. The first-order valence-electron chi connectivity index (χ1n) is 8.18. The number of carbonyl (C=O) groups excluding carboxylic acids is 1. The van der Waals surface area contributed by atoms with Crippen LogP contribution in [0, 0.1) is 5.92 Å². The maximum atomic E-state index is 12.1. The Labute approximate surface area is 124 Å². The fraction of sp³-hybridized carbons (Fsp3) is 0.938. The van der Waals surface area contributed by atoms with Gasteiger partial charge in [-0.3, -0.25) is 9.69 Å². The molecule has 1 aliphatic heterocycles. The van der Waals surface area contributed by atoms with Gasteiger partial charge < -0.3 is 10.6 Å². The number of hydrogen-bond acceptors (Lipinski definition) is 3. The maximum absolute atomic E-state index is 12.1.